The molecule has 8 heteroatoms. The lowest BCUT2D eigenvalue weighted by molar-refractivity contribution is -0.115. The van der Waals surface area contributed by atoms with E-state index in [-0.39, 0.29) is 5.91 Å². The van der Waals surface area contributed by atoms with Crippen molar-refractivity contribution in [3.05, 3.63) is 56.9 Å². The van der Waals surface area contributed by atoms with Crippen molar-refractivity contribution in [3.63, 3.8) is 0 Å². The summed E-state index contributed by atoms with van der Waals surface area (Å²) >= 11 is 9.65. The molecule has 0 aromatic heterocycles. The van der Waals surface area contributed by atoms with Crippen molar-refractivity contribution in [1.82, 2.24) is 5.32 Å². The van der Waals surface area contributed by atoms with Gasteiger partial charge >= 0.3 is 0 Å². The van der Waals surface area contributed by atoms with E-state index in [2.05, 4.69) is 27.3 Å². The molecular weight excluding hydrogens is 448 g/mol. The molecule has 0 unspecified atom stereocenters. The number of benzene rings is 2. The van der Waals surface area contributed by atoms with Gasteiger partial charge in [0.15, 0.2) is 0 Å². The van der Waals surface area contributed by atoms with Crippen molar-refractivity contribution in [2.45, 2.75) is 6.92 Å². The maximum absolute atomic E-state index is 12.0. The third-order valence-electron chi connectivity index (χ3n) is 3.50. The molecule has 1 aliphatic heterocycles. The molecule has 27 heavy (non-hydrogen) atoms. The van der Waals surface area contributed by atoms with Gasteiger partial charge in [-0.25, -0.2) is 0 Å². The number of nitrogens with one attached hydrogen (secondary N) is 1. The van der Waals surface area contributed by atoms with Crippen LogP contribution < -0.4 is 14.8 Å². The van der Waals surface area contributed by atoms with Crippen molar-refractivity contribution in [3.8, 4) is 23.3 Å². The molecule has 0 spiro atoms. The Balaban J connectivity index is 2.00. The minimum atomic E-state index is -0.244. The van der Waals surface area contributed by atoms with E-state index in [0.717, 1.165) is 4.47 Å². The van der Waals surface area contributed by atoms with E-state index in [4.69, 9.17) is 21.7 Å². The first-order valence-electron chi connectivity index (χ1n) is 7.89. The van der Waals surface area contributed by atoms with Gasteiger partial charge in [0.1, 0.15) is 27.6 Å². The number of nitrogens with zero attached hydrogens (tertiary/aromatic N) is 1. The summed E-state index contributed by atoms with van der Waals surface area (Å²) in [6.07, 6.45) is 1.71. The average Bonchev–Trinajstić information content (AvgIpc) is 2.95. The molecule has 136 valence electrons. The Labute approximate surface area is 174 Å². The van der Waals surface area contributed by atoms with Gasteiger partial charge in [-0.05, 0) is 43.3 Å². The molecule has 1 fully saturated rings. The molecule has 0 atom stereocenters. The van der Waals surface area contributed by atoms with Gasteiger partial charge in [0, 0.05) is 16.1 Å². The Kier molecular flexibility index (Phi) is 6.16. The zero-order valence-electron chi connectivity index (χ0n) is 14.1. The molecule has 0 radical (unpaired) electrons. The van der Waals surface area contributed by atoms with Crippen LogP contribution >= 0.6 is 39.9 Å². The number of hydrogen-bond acceptors (Lipinski definition) is 6. The van der Waals surface area contributed by atoms with Crippen LogP contribution in [0.2, 0.25) is 0 Å². The summed E-state index contributed by atoms with van der Waals surface area (Å²) in [5.74, 6) is 1.25. The maximum Gasteiger partial charge on any atom is 0.263 e. The SMILES string of the molecule is CCOc1ccc(C#N)c(Oc2ccc(Br)cc2C=C2SC(=S)NC2=O)c1. The van der Waals surface area contributed by atoms with E-state index >= 15 is 0 Å². The Hall–Kier alpha value is -2.34. The predicted molar refractivity (Wildman–Crippen MR) is 113 cm³/mol. The molecule has 0 aliphatic carbocycles. The molecule has 0 saturated carbocycles. The highest BCUT2D eigenvalue weighted by Gasteiger charge is 2.22. The Morgan fingerprint density at radius 1 is 1.30 bits per heavy atom. The predicted octanol–water partition coefficient (Wildman–Crippen LogP) is 5.00. The first-order chi connectivity index (χ1) is 13.0. The average molecular weight is 461 g/mol. The molecular formula is C19H13BrN2O3S2. The molecule has 0 bridgehead atoms. The third-order valence-corrected chi connectivity index (χ3v) is 5.16. The first-order valence-corrected chi connectivity index (χ1v) is 9.91. The lowest BCUT2D eigenvalue weighted by atomic mass is 10.1. The number of carbonyl (C=O) groups is 1. The smallest absolute Gasteiger partial charge is 0.263 e. The number of halogens is 1. The second-order valence-electron chi connectivity index (χ2n) is 5.34. The quantitative estimate of drug-likeness (QED) is 0.499. The van der Waals surface area contributed by atoms with Crippen LogP contribution in [0.3, 0.4) is 0 Å². The molecule has 5 nitrogen and oxygen atoms in total. The molecule has 3 rings (SSSR count). The van der Waals surface area contributed by atoms with Crippen LogP contribution in [0.25, 0.3) is 6.08 Å². The van der Waals surface area contributed by atoms with E-state index in [1.54, 1.807) is 30.3 Å². The van der Waals surface area contributed by atoms with Crippen LogP contribution in [0.4, 0.5) is 0 Å². The van der Waals surface area contributed by atoms with E-state index in [9.17, 15) is 10.1 Å². The van der Waals surface area contributed by atoms with Gasteiger partial charge in [0.25, 0.3) is 5.91 Å². The normalized spacial score (nSPS) is 14.8. The maximum atomic E-state index is 12.0. The standard InChI is InChI=1S/C19H13BrN2O3S2/c1-2-24-14-5-3-11(10-21)16(9-14)25-15-6-4-13(20)7-12(15)8-17-18(23)22-19(26)27-17/h3-9H,2H2,1H3,(H,22,23,26). The van der Waals surface area contributed by atoms with E-state index in [0.29, 0.717) is 44.2 Å². The second kappa shape index (κ2) is 8.57. The van der Waals surface area contributed by atoms with Gasteiger partial charge in [-0.1, -0.05) is 39.9 Å². The van der Waals surface area contributed by atoms with Crippen molar-refractivity contribution in [2.75, 3.05) is 6.61 Å². The summed E-state index contributed by atoms with van der Waals surface area (Å²) in [5.41, 5.74) is 1.06. The minimum absolute atomic E-state index is 0.244. The molecule has 1 amide bonds. The van der Waals surface area contributed by atoms with E-state index in [1.165, 1.54) is 11.8 Å². The van der Waals surface area contributed by atoms with Crippen LogP contribution in [-0.4, -0.2) is 16.8 Å². The van der Waals surface area contributed by atoms with Crippen LogP contribution in [0.15, 0.2) is 45.8 Å². The lowest BCUT2D eigenvalue weighted by Gasteiger charge is -2.12. The fraction of sp³-hybridized carbons (Fsp3) is 0.105. The van der Waals surface area contributed by atoms with Crippen molar-refractivity contribution >= 4 is 56.2 Å². The third kappa shape index (κ3) is 4.69. The Morgan fingerprint density at radius 3 is 2.78 bits per heavy atom. The van der Waals surface area contributed by atoms with Gasteiger partial charge in [-0.3, -0.25) is 4.79 Å². The summed E-state index contributed by atoms with van der Waals surface area (Å²) in [4.78, 5) is 12.4. The number of ether oxygens (including phenoxy) is 2. The first kappa shape index (κ1) is 19.4. The number of nitriles is 1. The Morgan fingerprint density at radius 2 is 2.11 bits per heavy atom. The largest absolute Gasteiger partial charge is 0.494 e. The molecule has 1 N–H and O–H groups in total. The molecule has 1 saturated heterocycles. The summed E-state index contributed by atoms with van der Waals surface area (Å²) in [6.45, 7) is 2.39. The Bertz CT molecular complexity index is 999. The summed E-state index contributed by atoms with van der Waals surface area (Å²) in [6, 6.07) is 12.6. The fourth-order valence-corrected chi connectivity index (χ4v) is 3.76. The summed E-state index contributed by atoms with van der Waals surface area (Å²) in [5, 5.41) is 11.9. The molecule has 2 aromatic carbocycles. The van der Waals surface area contributed by atoms with Gasteiger partial charge < -0.3 is 14.8 Å². The van der Waals surface area contributed by atoms with E-state index < -0.39 is 0 Å². The zero-order chi connectivity index (χ0) is 19.4. The number of hydrogen-bond donors (Lipinski definition) is 1. The molecule has 1 heterocycles. The van der Waals surface area contributed by atoms with Gasteiger partial charge in [-0.2, -0.15) is 5.26 Å². The van der Waals surface area contributed by atoms with Crippen molar-refractivity contribution in [2.24, 2.45) is 0 Å². The van der Waals surface area contributed by atoms with Gasteiger partial charge in [0.05, 0.1) is 17.1 Å². The topological polar surface area (TPSA) is 71.3 Å². The second-order valence-corrected chi connectivity index (χ2v) is 7.97. The van der Waals surface area contributed by atoms with Crippen LogP contribution in [-0.2, 0) is 4.79 Å². The van der Waals surface area contributed by atoms with Crippen molar-refractivity contribution in [1.29, 1.82) is 5.26 Å². The van der Waals surface area contributed by atoms with Gasteiger partial charge in [-0.15, -0.1) is 0 Å². The number of amides is 1. The zero-order valence-corrected chi connectivity index (χ0v) is 17.3. The monoisotopic (exact) mass is 460 g/mol. The highest BCUT2D eigenvalue weighted by Crippen LogP contribution is 2.35. The fourth-order valence-electron chi connectivity index (χ4n) is 2.34. The number of thioether (sulfide) groups is 1. The van der Waals surface area contributed by atoms with Crippen molar-refractivity contribution < 1.29 is 14.3 Å². The summed E-state index contributed by atoms with van der Waals surface area (Å²) < 4.78 is 12.7. The van der Waals surface area contributed by atoms with Crippen LogP contribution in [0.1, 0.15) is 18.1 Å². The highest BCUT2D eigenvalue weighted by molar-refractivity contribution is 9.10. The van der Waals surface area contributed by atoms with Crippen LogP contribution in [0, 0.1) is 11.3 Å². The van der Waals surface area contributed by atoms with E-state index in [1.807, 2.05) is 19.1 Å². The van der Waals surface area contributed by atoms with Gasteiger partial charge in [0.2, 0.25) is 0 Å². The lowest BCUT2D eigenvalue weighted by Crippen LogP contribution is -2.17. The minimum Gasteiger partial charge on any atom is -0.494 e. The van der Waals surface area contributed by atoms with Crippen LogP contribution in [0.5, 0.6) is 17.2 Å². The highest BCUT2D eigenvalue weighted by atomic mass is 79.9. The summed E-state index contributed by atoms with van der Waals surface area (Å²) in [7, 11) is 0. The number of thiocarbonyl (C=S) groups is 1. The molecule has 2 aromatic rings. The molecule has 1 aliphatic rings. The number of rotatable bonds is 5. The number of carbonyl (C=O) groups excluding carboxylic acids is 1.